The number of nitrogens with one attached hydrogen (secondary N) is 2. The van der Waals surface area contributed by atoms with Crippen LogP contribution in [0.15, 0.2) is 23.2 Å². The summed E-state index contributed by atoms with van der Waals surface area (Å²) in [5.74, 6) is 1.21. The number of benzene rings is 1. The molecular weight excluding hydrogens is 406 g/mol. The minimum Gasteiger partial charge on any atom is -0.493 e. The van der Waals surface area contributed by atoms with Gasteiger partial charge in [-0.2, -0.15) is 8.78 Å². The first kappa shape index (κ1) is 25.1. The fourth-order valence-corrected chi connectivity index (χ4v) is 3.47. The zero-order chi connectivity index (χ0) is 22.7. The third-order valence-corrected chi connectivity index (χ3v) is 5.44. The molecule has 0 unspecified atom stereocenters. The lowest BCUT2D eigenvalue weighted by Gasteiger charge is -2.43. The molecule has 0 aliphatic carbocycles. The maximum atomic E-state index is 12.9. The highest BCUT2D eigenvalue weighted by Crippen LogP contribution is 2.28. The highest BCUT2D eigenvalue weighted by atomic mass is 19.3. The van der Waals surface area contributed by atoms with Crippen LogP contribution in [0.25, 0.3) is 0 Å². The van der Waals surface area contributed by atoms with Crippen molar-refractivity contribution >= 4 is 5.96 Å². The number of rotatable bonds is 11. The van der Waals surface area contributed by atoms with Gasteiger partial charge in [-0.1, -0.05) is 6.92 Å². The molecule has 1 aliphatic rings. The Hall–Kier alpha value is -2.13. The number of hydrogen-bond donors (Lipinski definition) is 2. The fraction of sp³-hybridized carbons (Fsp3) is 0.682. The van der Waals surface area contributed by atoms with Gasteiger partial charge in [-0.3, -0.25) is 0 Å². The molecular formula is C22H36F2N4O3. The first-order chi connectivity index (χ1) is 14.9. The van der Waals surface area contributed by atoms with Gasteiger partial charge in [0.05, 0.1) is 13.2 Å². The van der Waals surface area contributed by atoms with Crippen LogP contribution in [-0.4, -0.2) is 70.0 Å². The van der Waals surface area contributed by atoms with Crippen LogP contribution in [0.3, 0.4) is 0 Å². The molecule has 0 spiro atoms. The van der Waals surface area contributed by atoms with Crippen molar-refractivity contribution in [2.45, 2.75) is 51.8 Å². The van der Waals surface area contributed by atoms with Crippen molar-refractivity contribution in [3.05, 3.63) is 23.8 Å². The Morgan fingerprint density at radius 1 is 1.23 bits per heavy atom. The minimum absolute atomic E-state index is 0.0172. The first-order valence-electron chi connectivity index (χ1n) is 10.9. The van der Waals surface area contributed by atoms with Crippen LogP contribution in [0, 0.1) is 0 Å². The Morgan fingerprint density at radius 3 is 2.58 bits per heavy atom. The molecule has 9 heteroatoms. The van der Waals surface area contributed by atoms with Crippen molar-refractivity contribution in [2.24, 2.45) is 4.99 Å². The van der Waals surface area contributed by atoms with Crippen LogP contribution < -0.4 is 20.1 Å². The highest BCUT2D eigenvalue weighted by Gasteiger charge is 2.34. The fourth-order valence-electron chi connectivity index (χ4n) is 3.47. The third-order valence-electron chi connectivity index (χ3n) is 5.44. The van der Waals surface area contributed by atoms with E-state index in [1.54, 1.807) is 12.1 Å². The molecule has 0 saturated carbocycles. The number of guanidine groups is 1. The lowest BCUT2D eigenvalue weighted by atomic mass is 9.88. The summed E-state index contributed by atoms with van der Waals surface area (Å²) in [6, 6.07) is 4.97. The zero-order valence-electron chi connectivity index (χ0n) is 19.0. The zero-order valence-corrected chi connectivity index (χ0v) is 19.0. The third kappa shape index (κ3) is 7.81. The summed E-state index contributed by atoms with van der Waals surface area (Å²) in [6.07, 6.45) is 2.69. The van der Waals surface area contributed by atoms with Crippen molar-refractivity contribution < 1.29 is 23.0 Å². The number of hydrogen-bond acceptors (Lipinski definition) is 5. The molecule has 1 aromatic rings. The van der Waals surface area contributed by atoms with Crippen molar-refractivity contribution in [3.63, 3.8) is 0 Å². The monoisotopic (exact) mass is 442 g/mol. The molecule has 31 heavy (non-hydrogen) atoms. The molecule has 2 rings (SSSR count). The van der Waals surface area contributed by atoms with Crippen LogP contribution in [0.4, 0.5) is 8.78 Å². The van der Waals surface area contributed by atoms with Gasteiger partial charge in [-0.25, -0.2) is 4.99 Å². The summed E-state index contributed by atoms with van der Waals surface area (Å²) in [4.78, 5) is 6.83. The maximum Gasteiger partial charge on any atom is 0.387 e. The Labute approximate surface area is 184 Å². The normalized spacial score (nSPS) is 16.5. The first-order valence-corrected chi connectivity index (χ1v) is 10.9. The molecule has 0 radical (unpaired) electrons. The summed E-state index contributed by atoms with van der Waals surface area (Å²) in [7, 11) is 4.15. The van der Waals surface area contributed by atoms with E-state index < -0.39 is 6.61 Å². The Bertz CT molecular complexity index is 695. The van der Waals surface area contributed by atoms with Crippen LogP contribution >= 0.6 is 0 Å². The van der Waals surface area contributed by atoms with Gasteiger partial charge in [0.25, 0.3) is 0 Å². The van der Waals surface area contributed by atoms with E-state index in [-0.39, 0.29) is 17.8 Å². The average Bonchev–Trinajstić information content (AvgIpc) is 2.75. The molecule has 0 atom stereocenters. The van der Waals surface area contributed by atoms with Gasteiger partial charge < -0.3 is 29.7 Å². The van der Waals surface area contributed by atoms with Crippen molar-refractivity contribution in [2.75, 3.05) is 47.0 Å². The molecule has 0 bridgehead atoms. The van der Waals surface area contributed by atoms with E-state index in [0.717, 1.165) is 32.5 Å². The van der Waals surface area contributed by atoms with Crippen LogP contribution in [0.5, 0.6) is 11.5 Å². The number of halogens is 2. The molecule has 1 aliphatic heterocycles. The molecule has 0 amide bonds. The summed E-state index contributed by atoms with van der Waals surface area (Å²) in [5.41, 5.74) is 0.547. The second-order valence-electron chi connectivity index (χ2n) is 7.78. The summed E-state index contributed by atoms with van der Waals surface area (Å²) in [6.45, 7) is 4.62. The van der Waals surface area contributed by atoms with E-state index in [0.29, 0.717) is 37.0 Å². The average molecular weight is 443 g/mol. The van der Waals surface area contributed by atoms with Gasteiger partial charge in [0.2, 0.25) is 0 Å². The molecule has 0 aromatic heterocycles. The Kier molecular flexibility index (Phi) is 10.3. The van der Waals surface area contributed by atoms with Crippen molar-refractivity contribution in [1.82, 2.24) is 15.5 Å². The molecule has 176 valence electrons. The minimum atomic E-state index is -2.91. The quantitative estimate of drug-likeness (QED) is 0.405. The number of likely N-dealkylation sites (N-methyl/N-ethyl adjacent to an activating group) is 1. The van der Waals surface area contributed by atoms with Crippen LogP contribution in [-0.2, 0) is 11.3 Å². The molecule has 2 N–H and O–H groups in total. The second-order valence-corrected chi connectivity index (χ2v) is 7.78. The topological polar surface area (TPSA) is 67.4 Å². The van der Waals surface area contributed by atoms with Crippen LogP contribution in [0.1, 0.15) is 38.7 Å². The molecule has 1 aromatic carbocycles. The number of nitrogens with zero attached hydrogens (tertiary/aromatic N) is 2. The Morgan fingerprint density at radius 2 is 1.97 bits per heavy atom. The van der Waals surface area contributed by atoms with Gasteiger partial charge in [0, 0.05) is 43.5 Å². The standard InChI is InChI=1S/C22H36F2N4O3/c1-5-11-30-18-8-7-17(19(14-18)31-20(23)24)15-26-21(25-6-2)27-16-22(28(3)4)9-12-29-13-10-22/h7-8,14,20H,5-6,9-13,15-16H2,1-4H3,(H2,25,26,27). The SMILES string of the molecule is CCCOc1ccc(CN=C(NCC)NCC2(N(C)C)CCOCC2)c(OC(F)F)c1. The van der Waals surface area contributed by atoms with E-state index in [9.17, 15) is 8.78 Å². The predicted octanol–water partition coefficient (Wildman–Crippen LogP) is 3.24. The number of alkyl halides is 2. The maximum absolute atomic E-state index is 12.9. The van der Waals surface area contributed by atoms with Crippen molar-refractivity contribution in [1.29, 1.82) is 0 Å². The predicted molar refractivity (Wildman–Crippen MR) is 118 cm³/mol. The molecule has 7 nitrogen and oxygen atoms in total. The van der Waals surface area contributed by atoms with Crippen LogP contribution in [0.2, 0.25) is 0 Å². The summed E-state index contributed by atoms with van der Waals surface area (Å²) in [5, 5.41) is 6.63. The van der Waals surface area contributed by atoms with Gasteiger partial charge in [-0.15, -0.1) is 0 Å². The summed E-state index contributed by atoms with van der Waals surface area (Å²) >= 11 is 0. The highest BCUT2D eigenvalue weighted by molar-refractivity contribution is 5.79. The van der Waals surface area contributed by atoms with Gasteiger partial charge in [-0.05, 0) is 52.4 Å². The molecule has 1 saturated heterocycles. The number of aliphatic imine (C=N–C) groups is 1. The van der Waals surface area contributed by atoms with Gasteiger partial charge >= 0.3 is 6.61 Å². The van der Waals surface area contributed by atoms with E-state index >= 15 is 0 Å². The van der Waals surface area contributed by atoms with E-state index in [4.69, 9.17) is 14.2 Å². The van der Waals surface area contributed by atoms with Crippen molar-refractivity contribution in [3.8, 4) is 11.5 Å². The molecule has 1 fully saturated rings. The van der Waals surface area contributed by atoms with E-state index in [2.05, 4.69) is 34.6 Å². The van der Waals surface area contributed by atoms with E-state index in [1.807, 2.05) is 13.8 Å². The number of ether oxygens (including phenoxy) is 3. The summed E-state index contributed by atoms with van der Waals surface area (Å²) < 4.78 is 41.6. The smallest absolute Gasteiger partial charge is 0.387 e. The lowest BCUT2D eigenvalue weighted by Crippen LogP contribution is -2.57. The Balaban J connectivity index is 2.12. The molecule has 1 heterocycles. The van der Waals surface area contributed by atoms with E-state index in [1.165, 1.54) is 6.07 Å². The second kappa shape index (κ2) is 12.7. The van der Waals surface area contributed by atoms with Gasteiger partial charge in [0.1, 0.15) is 11.5 Å². The van der Waals surface area contributed by atoms with Gasteiger partial charge in [0.15, 0.2) is 5.96 Å². The lowest BCUT2D eigenvalue weighted by molar-refractivity contribution is -0.0505. The largest absolute Gasteiger partial charge is 0.493 e.